The Kier molecular flexibility index (Phi) is 97.3. The van der Waals surface area contributed by atoms with E-state index in [4.69, 9.17) is 29.5 Å². The van der Waals surface area contributed by atoms with Crippen LogP contribution >= 0.6 is 0 Å². The Labute approximate surface area is 471 Å². The molecule has 0 aromatic rings. The van der Waals surface area contributed by atoms with Crippen molar-refractivity contribution in [1.82, 2.24) is 0 Å². The number of ether oxygens (including phenoxy) is 3. The Morgan fingerprint density at radius 2 is 0.440 bits per heavy atom. The third-order valence-corrected chi connectivity index (χ3v) is 11.5. The molecule has 9 nitrogen and oxygen atoms in total. The van der Waals surface area contributed by atoms with E-state index in [9.17, 15) is 14.4 Å². The van der Waals surface area contributed by atoms with E-state index in [0.29, 0.717) is 37.1 Å². The number of carbonyl (C=O) groups is 3. The number of allylic oxidation sites excluding steroid dienone is 3. The topological polar surface area (TPSA) is 140 Å². The summed E-state index contributed by atoms with van der Waals surface area (Å²) in [7, 11) is 2.95. The summed E-state index contributed by atoms with van der Waals surface area (Å²) >= 11 is 0. The lowest BCUT2D eigenvalue weighted by Gasteiger charge is -2.07. The number of unbranched alkanes of at least 4 members (excludes halogenated alkanes) is 30. The average molecular weight is 1080 g/mol. The van der Waals surface area contributed by atoms with Crippen molar-refractivity contribution in [2.24, 2.45) is 0 Å². The second-order valence-corrected chi connectivity index (χ2v) is 19.6. The van der Waals surface area contributed by atoms with Crippen LogP contribution in [0.5, 0.6) is 0 Å². The molecule has 0 fully saturated rings. The van der Waals surface area contributed by atoms with Gasteiger partial charge >= 0.3 is 17.9 Å². The molecule has 0 aliphatic heterocycles. The zero-order valence-electron chi connectivity index (χ0n) is 52.0. The van der Waals surface area contributed by atoms with Gasteiger partial charge in [0.1, 0.15) is 17.3 Å². The van der Waals surface area contributed by atoms with Crippen LogP contribution in [0.4, 0.5) is 0 Å². The summed E-state index contributed by atoms with van der Waals surface area (Å²) in [5.74, 6) is -0.959. The van der Waals surface area contributed by atoms with E-state index in [-0.39, 0.29) is 0 Å². The molecule has 0 heterocycles. The highest BCUT2D eigenvalue weighted by atomic mass is 28.1. The van der Waals surface area contributed by atoms with Crippen molar-refractivity contribution in [3.63, 3.8) is 0 Å². The molecule has 3 N–H and O–H groups in total. The van der Waals surface area contributed by atoms with Crippen LogP contribution in [0.25, 0.3) is 0 Å². The first-order valence-corrected chi connectivity index (χ1v) is 31.8. The highest BCUT2D eigenvalue weighted by Crippen LogP contribution is 2.15. The molecule has 10 heteroatoms. The van der Waals surface area contributed by atoms with Crippen molar-refractivity contribution in [3.05, 3.63) is 47.8 Å². The second kappa shape index (κ2) is 84.9. The predicted molar refractivity (Wildman–Crippen MR) is 329 cm³/mol. The summed E-state index contributed by atoms with van der Waals surface area (Å²) in [5, 5.41) is 25.9. The summed E-state index contributed by atoms with van der Waals surface area (Å²) in [6.07, 6.45) is 52.9. The maximum atomic E-state index is 10.5. The molecule has 0 rings (SSSR count). The van der Waals surface area contributed by atoms with Crippen LogP contribution in [0.15, 0.2) is 47.8 Å². The van der Waals surface area contributed by atoms with E-state index in [1.165, 1.54) is 211 Å². The lowest BCUT2D eigenvalue weighted by Crippen LogP contribution is -1.97. The van der Waals surface area contributed by atoms with Crippen molar-refractivity contribution in [3.8, 4) is 0 Å². The van der Waals surface area contributed by atoms with Crippen molar-refractivity contribution < 1.29 is 43.9 Å². The van der Waals surface area contributed by atoms with Gasteiger partial charge in [0.25, 0.3) is 0 Å². The monoisotopic (exact) mass is 1080 g/mol. The van der Waals surface area contributed by atoms with Crippen molar-refractivity contribution in [1.29, 1.82) is 0 Å². The van der Waals surface area contributed by atoms with Crippen LogP contribution in [-0.2, 0) is 28.6 Å². The maximum absolute atomic E-state index is 10.5. The van der Waals surface area contributed by atoms with Crippen LogP contribution in [0.3, 0.4) is 0 Å². The summed E-state index contributed by atoms with van der Waals surface area (Å²) in [6, 6.07) is 0. The summed E-state index contributed by atoms with van der Waals surface area (Å²) in [5.41, 5.74) is 1.56. The number of rotatable bonds is 45. The van der Waals surface area contributed by atoms with Gasteiger partial charge in [0.05, 0.1) is 48.3 Å². The summed E-state index contributed by atoms with van der Waals surface area (Å²) in [4.78, 5) is 31.5. The fourth-order valence-electron chi connectivity index (χ4n) is 7.33. The molecule has 0 aliphatic rings. The lowest BCUT2D eigenvalue weighted by molar-refractivity contribution is -0.132. The second-order valence-electron chi connectivity index (χ2n) is 19.1. The molecule has 75 heavy (non-hydrogen) atoms. The number of carboxylic acids is 3. The third kappa shape index (κ3) is 104. The molecule has 0 aliphatic carbocycles. The highest BCUT2D eigenvalue weighted by molar-refractivity contribution is 6.16. The van der Waals surface area contributed by atoms with Crippen LogP contribution in [0, 0.1) is 0 Å². The van der Waals surface area contributed by atoms with Gasteiger partial charge in [-0.15, -0.1) is 12.3 Å². The molecule has 0 saturated heterocycles. The molecular formula is C65H129O9Si. The molecule has 3 radical (unpaired) electrons. The first-order valence-electron chi connectivity index (χ1n) is 31.2. The minimum Gasteiger partial charge on any atom is -0.498 e. The summed E-state index contributed by atoms with van der Waals surface area (Å²) < 4.78 is 15.8. The standard InChI is InChI=1S/3C13H24O3.3C8H18.C2H3Si/c3*1-3-5-6-7-8-9-10-12(16-4-2)11-13(14)15;3*1-3-5-7-8-6-4-2;1-2-3/h3*11H,3-10H2,1-2H3,(H,14,15);3*3-8H2,1-2H3;2H,1H2. The van der Waals surface area contributed by atoms with E-state index in [0.717, 1.165) is 57.8 Å². The SMILES string of the molecule is C=C[Si].CCCCCCCC.CCCCCCCC.CCCCCCCC.CCCCCCCCC(=CC(=O)O)OCC.CCCCCCCCC(=CC(=O)O)OCC.CCCCCCCCC(=CC(=O)O)OCC. The number of aliphatic carboxylic acids is 3. The number of hydrogen-bond acceptors (Lipinski definition) is 6. The molecule has 0 amide bonds. The molecule has 0 saturated carbocycles. The van der Waals surface area contributed by atoms with E-state index in [2.05, 4.69) is 79.1 Å². The van der Waals surface area contributed by atoms with Crippen molar-refractivity contribution >= 4 is 28.2 Å². The normalized spacial score (nSPS) is 10.7. The fraction of sp³-hybridized carbons (Fsp3) is 0.831. The zero-order chi connectivity index (χ0) is 58.1. The Morgan fingerprint density at radius 1 is 0.307 bits per heavy atom. The quantitative estimate of drug-likeness (QED) is 0.0235. The van der Waals surface area contributed by atoms with Crippen LogP contribution < -0.4 is 0 Å². The largest absolute Gasteiger partial charge is 0.498 e. The average Bonchev–Trinajstić information content (AvgIpc) is 3.37. The Bertz CT molecular complexity index is 1030. The lowest BCUT2D eigenvalue weighted by atomic mass is 10.1. The Hall–Kier alpha value is -3.01. The Balaban J connectivity index is -0.000000150. The van der Waals surface area contributed by atoms with Crippen LogP contribution in [0.1, 0.15) is 333 Å². The van der Waals surface area contributed by atoms with Gasteiger partial charge in [-0.3, -0.25) is 0 Å². The molecule has 0 atom stereocenters. The van der Waals surface area contributed by atoms with Gasteiger partial charge in [-0.05, 0) is 40.0 Å². The van der Waals surface area contributed by atoms with E-state index >= 15 is 0 Å². The molecule has 0 spiro atoms. The molecular weight excluding hydrogens is 953 g/mol. The van der Waals surface area contributed by atoms with Gasteiger partial charge in [-0.1, -0.05) is 274 Å². The highest BCUT2D eigenvalue weighted by Gasteiger charge is 2.04. The molecule has 447 valence electrons. The van der Waals surface area contributed by atoms with Crippen molar-refractivity contribution in [2.75, 3.05) is 19.8 Å². The van der Waals surface area contributed by atoms with Gasteiger partial charge < -0.3 is 29.5 Å². The maximum Gasteiger partial charge on any atom is 0.331 e. The van der Waals surface area contributed by atoms with E-state index in [1.807, 2.05) is 20.8 Å². The van der Waals surface area contributed by atoms with Gasteiger partial charge in [-0.2, -0.15) is 0 Å². The minimum atomic E-state index is -0.922. The fourth-order valence-corrected chi connectivity index (χ4v) is 7.33. The number of hydrogen-bond donors (Lipinski definition) is 3. The molecule has 0 unspecified atom stereocenters. The zero-order valence-corrected chi connectivity index (χ0v) is 53.0. The van der Waals surface area contributed by atoms with E-state index < -0.39 is 17.9 Å². The molecule has 0 aromatic carbocycles. The van der Waals surface area contributed by atoms with Gasteiger partial charge in [-0.25, -0.2) is 14.4 Å². The van der Waals surface area contributed by atoms with Gasteiger partial charge in [0.2, 0.25) is 0 Å². The Morgan fingerprint density at radius 3 is 0.560 bits per heavy atom. The first-order chi connectivity index (χ1) is 36.3. The molecule has 0 aromatic heterocycles. The van der Waals surface area contributed by atoms with E-state index in [1.54, 1.807) is 5.70 Å². The van der Waals surface area contributed by atoms with Crippen LogP contribution in [-0.4, -0.2) is 63.3 Å². The summed E-state index contributed by atoms with van der Waals surface area (Å²) in [6.45, 7) is 30.6. The van der Waals surface area contributed by atoms with Gasteiger partial charge in [0.15, 0.2) is 0 Å². The van der Waals surface area contributed by atoms with Crippen LogP contribution in [0.2, 0.25) is 0 Å². The van der Waals surface area contributed by atoms with Gasteiger partial charge in [0, 0.05) is 19.3 Å². The van der Waals surface area contributed by atoms with Crippen molar-refractivity contribution in [2.45, 2.75) is 333 Å². The first kappa shape index (κ1) is 85.9. The third-order valence-electron chi connectivity index (χ3n) is 11.5. The smallest absolute Gasteiger partial charge is 0.331 e. The predicted octanol–water partition coefficient (Wildman–Crippen LogP) is 21.6. The molecule has 0 bridgehead atoms. The number of carboxylic acid groups (broad SMARTS) is 3. The minimum absolute atomic E-state index is 0.537.